The number of carbonyl (C=O) groups excluding carboxylic acids is 2. The van der Waals surface area contributed by atoms with Crippen LogP contribution in [0.3, 0.4) is 0 Å². The molecule has 3 heterocycles. The van der Waals surface area contributed by atoms with Crippen LogP contribution in [0.25, 0.3) is 0 Å². The third-order valence-corrected chi connectivity index (χ3v) is 4.80. The van der Waals surface area contributed by atoms with Gasteiger partial charge in [0.25, 0.3) is 0 Å². The van der Waals surface area contributed by atoms with Gasteiger partial charge in [0.05, 0.1) is 18.8 Å². The highest BCUT2D eigenvalue weighted by Gasteiger charge is 2.46. The van der Waals surface area contributed by atoms with Gasteiger partial charge in [0.15, 0.2) is 5.78 Å². The highest BCUT2D eigenvalue weighted by molar-refractivity contribution is 6.20. The van der Waals surface area contributed by atoms with Crippen molar-refractivity contribution in [2.45, 2.75) is 31.9 Å². The van der Waals surface area contributed by atoms with Gasteiger partial charge in [-0.3, -0.25) is 4.79 Å². The molecule has 0 N–H and O–H groups in total. The molecular formula is C17H17NO4. The Morgan fingerprint density at radius 3 is 2.91 bits per heavy atom. The molecule has 0 saturated heterocycles. The minimum absolute atomic E-state index is 0.00199. The summed E-state index contributed by atoms with van der Waals surface area (Å²) < 4.78 is 10.5. The predicted molar refractivity (Wildman–Crippen MR) is 78.3 cm³/mol. The van der Waals surface area contributed by atoms with Crippen molar-refractivity contribution < 1.29 is 19.1 Å². The van der Waals surface area contributed by atoms with E-state index in [0.717, 1.165) is 30.0 Å². The van der Waals surface area contributed by atoms with E-state index >= 15 is 0 Å². The number of benzene rings is 1. The van der Waals surface area contributed by atoms with E-state index in [1.54, 1.807) is 7.11 Å². The molecule has 114 valence electrons. The minimum Gasteiger partial charge on any atom is -0.497 e. The van der Waals surface area contributed by atoms with Gasteiger partial charge in [-0.25, -0.2) is 4.79 Å². The number of hydrogen-bond acceptors (Lipinski definition) is 5. The van der Waals surface area contributed by atoms with E-state index < -0.39 is 5.97 Å². The van der Waals surface area contributed by atoms with Gasteiger partial charge in [0, 0.05) is 13.0 Å². The number of fused-ring (bicyclic) bond motifs is 4. The average molecular weight is 299 g/mol. The summed E-state index contributed by atoms with van der Waals surface area (Å²) in [6.45, 7) is 2.62. The van der Waals surface area contributed by atoms with Crippen LogP contribution in [0.15, 0.2) is 29.5 Å². The highest BCUT2D eigenvalue weighted by Crippen LogP contribution is 2.44. The molecular weight excluding hydrogens is 282 g/mol. The molecule has 5 heteroatoms. The summed E-state index contributed by atoms with van der Waals surface area (Å²) in [7, 11) is 1.65. The van der Waals surface area contributed by atoms with E-state index in [2.05, 4.69) is 4.90 Å². The number of Topliss-reactive ketones (excluding diaryl/α,β-unsaturated/α-hetero) is 1. The van der Waals surface area contributed by atoms with Crippen molar-refractivity contribution in [3.8, 4) is 5.75 Å². The standard InChI is InChI=1S/C17H17NO4/c1-9-16-15(17(20)22-9)14(19)8-13-12-4-3-11(21-2)7-10(12)5-6-18(13)16/h3-4,7,9,13H,5-6,8H2,1-2H3/t9-,13-/m1/s1. The van der Waals surface area contributed by atoms with Crippen LogP contribution >= 0.6 is 0 Å². The Kier molecular flexibility index (Phi) is 2.79. The van der Waals surface area contributed by atoms with Crippen LogP contribution in [-0.2, 0) is 20.7 Å². The number of ketones is 1. The first-order valence-electron chi connectivity index (χ1n) is 7.52. The zero-order valence-electron chi connectivity index (χ0n) is 12.6. The van der Waals surface area contributed by atoms with Gasteiger partial charge in [-0.2, -0.15) is 0 Å². The molecule has 0 aliphatic carbocycles. The average Bonchev–Trinajstić information content (AvgIpc) is 2.82. The number of hydrogen-bond donors (Lipinski definition) is 0. The Labute approximate surface area is 128 Å². The van der Waals surface area contributed by atoms with Gasteiger partial charge in [0.1, 0.15) is 17.4 Å². The molecule has 0 bridgehead atoms. The normalized spacial score (nSPS) is 26.4. The third-order valence-electron chi connectivity index (χ3n) is 4.80. The smallest absolute Gasteiger partial charge is 0.344 e. The fraction of sp³-hybridized carbons (Fsp3) is 0.412. The van der Waals surface area contributed by atoms with Crippen LogP contribution in [0.2, 0.25) is 0 Å². The van der Waals surface area contributed by atoms with Crippen LogP contribution < -0.4 is 4.74 Å². The molecule has 0 unspecified atom stereocenters. The molecule has 3 aliphatic heterocycles. The fourth-order valence-corrected chi connectivity index (χ4v) is 3.82. The van der Waals surface area contributed by atoms with Crippen LogP contribution in [0, 0.1) is 0 Å². The molecule has 0 saturated carbocycles. The van der Waals surface area contributed by atoms with E-state index in [1.807, 2.05) is 25.1 Å². The van der Waals surface area contributed by atoms with Crippen LogP contribution in [-0.4, -0.2) is 36.4 Å². The maximum Gasteiger partial charge on any atom is 0.344 e. The van der Waals surface area contributed by atoms with Crippen molar-refractivity contribution in [3.63, 3.8) is 0 Å². The summed E-state index contributed by atoms with van der Waals surface area (Å²) in [6, 6.07) is 6.00. The summed E-state index contributed by atoms with van der Waals surface area (Å²) in [5.41, 5.74) is 3.40. The summed E-state index contributed by atoms with van der Waals surface area (Å²) in [5, 5.41) is 0. The quantitative estimate of drug-likeness (QED) is 0.584. The number of rotatable bonds is 1. The Bertz CT molecular complexity index is 721. The van der Waals surface area contributed by atoms with Gasteiger partial charge in [-0.05, 0) is 36.6 Å². The minimum atomic E-state index is -0.466. The molecule has 0 amide bonds. The fourth-order valence-electron chi connectivity index (χ4n) is 3.82. The maximum atomic E-state index is 12.4. The summed E-state index contributed by atoms with van der Waals surface area (Å²) in [5.74, 6) is 0.266. The van der Waals surface area contributed by atoms with Crippen LogP contribution in [0.1, 0.15) is 30.5 Å². The number of nitrogens with zero attached hydrogens (tertiary/aromatic N) is 1. The second kappa shape index (κ2) is 4.60. The zero-order chi connectivity index (χ0) is 15.4. The number of esters is 1. The lowest BCUT2D eigenvalue weighted by Crippen LogP contribution is -2.42. The predicted octanol–water partition coefficient (Wildman–Crippen LogP) is 1.77. The monoisotopic (exact) mass is 299 g/mol. The van der Waals surface area contributed by atoms with E-state index in [-0.39, 0.29) is 23.5 Å². The van der Waals surface area contributed by atoms with E-state index in [1.165, 1.54) is 5.56 Å². The topological polar surface area (TPSA) is 55.8 Å². The van der Waals surface area contributed by atoms with Gasteiger partial charge >= 0.3 is 5.97 Å². The Morgan fingerprint density at radius 1 is 1.32 bits per heavy atom. The molecule has 4 rings (SSSR count). The number of carbonyl (C=O) groups is 2. The number of cyclic esters (lactones) is 1. The Hall–Kier alpha value is -2.30. The molecule has 0 spiro atoms. The molecule has 1 aromatic rings. The van der Waals surface area contributed by atoms with Crippen molar-refractivity contribution in [3.05, 3.63) is 40.6 Å². The van der Waals surface area contributed by atoms with Gasteiger partial charge in [-0.15, -0.1) is 0 Å². The SMILES string of the molecule is COc1ccc2c(c1)CCN1C3=C(C(=O)C[C@H]21)C(=O)O[C@@H]3C. The van der Waals surface area contributed by atoms with Crippen molar-refractivity contribution >= 4 is 11.8 Å². The molecule has 0 fully saturated rings. The first-order valence-corrected chi connectivity index (χ1v) is 7.52. The van der Waals surface area contributed by atoms with E-state index in [0.29, 0.717) is 6.42 Å². The molecule has 0 aromatic heterocycles. The maximum absolute atomic E-state index is 12.4. The molecule has 3 aliphatic rings. The van der Waals surface area contributed by atoms with Gasteiger partial charge in [0.2, 0.25) is 0 Å². The van der Waals surface area contributed by atoms with E-state index in [9.17, 15) is 9.59 Å². The summed E-state index contributed by atoms with van der Waals surface area (Å²) in [6.07, 6.45) is 0.864. The van der Waals surface area contributed by atoms with Gasteiger partial charge in [-0.1, -0.05) is 6.07 Å². The first kappa shape index (κ1) is 13.4. The van der Waals surface area contributed by atoms with E-state index in [4.69, 9.17) is 9.47 Å². The molecule has 0 radical (unpaired) electrons. The second-order valence-corrected chi connectivity index (χ2v) is 5.96. The Morgan fingerprint density at radius 2 is 2.14 bits per heavy atom. The van der Waals surface area contributed by atoms with Crippen LogP contribution in [0.5, 0.6) is 5.75 Å². The zero-order valence-corrected chi connectivity index (χ0v) is 12.6. The molecule has 1 aromatic carbocycles. The highest BCUT2D eigenvalue weighted by atomic mass is 16.5. The third kappa shape index (κ3) is 1.71. The lowest BCUT2D eigenvalue weighted by molar-refractivity contribution is -0.140. The first-order chi connectivity index (χ1) is 10.6. The number of ether oxygens (including phenoxy) is 2. The largest absolute Gasteiger partial charge is 0.497 e. The lowest BCUT2D eigenvalue weighted by Gasteiger charge is -2.42. The molecule has 2 atom stereocenters. The van der Waals surface area contributed by atoms with Crippen molar-refractivity contribution in [2.24, 2.45) is 0 Å². The van der Waals surface area contributed by atoms with Crippen molar-refractivity contribution in [1.29, 1.82) is 0 Å². The molecule has 5 nitrogen and oxygen atoms in total. The van der Waals surface area contributed by atoms with Gasteiger partial charge < -0.3 is 14.4 Å². The summed E-state index contributed by atoms with van der Waals surface area (Å²) in [4.78, 5) is 26.5. The van der Waals surface area contributed by atoms with Crippen molar-refractivity contribution in [2.75, 3.05) is 13.7 Å². The number of methoxy groups -OCH3 is 1. The lowest BCUT2D eigenvalue weighted by atomic mass is 9.84. The second-order valence-electron chi connectivity index (χ2n) is 5.96. The molecule has 22 heavy (non-hydrogen) atoms. The summed E-state index contributed by atoms with van der Waals surface area (Å²) >= 11 is 0. The van der Waals surface area contributed by atoms with Crippen LogP contribution in [0.4, 0.5) is 0 Å². The van der Waals surface area contributed by atoms with Crippen molar-refractivity contribution in [1.82, 2.24) is 4.90 Å². The Balaban J connectivity index is 1.80.